The second-order valence-corrected chi connectivity index (χ2v) is 4.56. The van der Waals surface area contributed by atoms with Crippen molar-refractivity contribution in [2.75, 3.05) is 5.73 Å². The fourth-order valence-electron chi connectivity index (χ4n) is 2.34. The van der Waals surface area contributed by atoms with E-state index in [0.717, 1.165) is 36.8 Å². The SMILES string of the molecule is Cc1cc(CN2Cc3cccc(N)c3C2)on1. The van der Waals surface area contributed by atoms with Gasteiger partial charge in [-0.1, -0.05) is 17.3 Å². The molecule has 2 aromatic rings. The van der Waals surface area contributed by atoms with Crippen LogP contribution in [0.5, 0.6) is 0 Å². The molecule has 0 saturated carbocycles. The molecule has 4 heteroatoms. The van der Waals surface area contributed by atoms with E-state index in [4.69, 9.17) is 10.3 Å². The lowest BCUT2D eigenvalue weighted by molar-refractivity contribution is 0.236. The van der Waals surface area contributed by atoms with Gasteiger partial charge in [0.2, 0.25) is 0 Å². The summed E-state index contributed by atoms with van der Waals surface area (Å²) in [5, 5.41) is 3.90. The Kier molecular flexibility index (Phi) is 2.37. The molecule has 0 unspecified atom stereocenters. The summed E-state index contributed by atoms with van der Waals surface area (Å²) in [7, 11) is 0. The third-order valence-corrected chi connectivity index (χ3v) is 3.14. The number of aromatic nitrogens is 1. The molecule has 0 spiro atoms. The Morgan fingerprint density at radius 2 is 2.29 bits per heavy atom. The molecule has 2 N–H and O–H groups in total. The van der Waals surface area contributed by atoms with E-state index in [2.05, 4.69) is 16.1 Å². The summed E-state index contributed by atoms with van der Waals surface area (Å²) in [6.07, 6.45) is 0. The van der Waals surface area contributed by atoms with E-state index in [1.165, 1.54) is 11.1 Å². The zero-order chi connectivity index (χ0) is 11.8. The van der Waals surface area contributed by atoms with Crippen LogP contribution in [0.1, 0.15) is 22.6 Å². The van der Waals surface area contributed by atoms with E-state index in [-0.39, 0.29) is 0 Å². The summed E-state index contributed by atoms with van der Waals surface area (Å²) in [5.74, 6) is 0.911. The molecule has 1 aromatic heterocycles. The molecule has 1 aliphatic rings. The van der Waals surface area contributed by atoms with Crippen LogP contribution in [0.2, 0.25) is 0 Å². The molecule has 0 radical (unpaired) electrons. The van der Waals surface area contributed by atoms with Crippen LogP contribution in [0.4, 0.5) is 5.69 Å². The van der Waals surface area contributed by atoms with E-state index in [9.17, 15) is 0 Å². The van der Waals surface area contributed by atoms with Gasteiger partial charge < -0.3 is 10.3 Å². The first kappa shape index (κ1) is 10.4. The number of anilines is 1. The highest BCUT2D eigenvalue weighted by Gasteiger charge is 2.21. The van der Waals surface area contributed by atoms with Gasteiger partial charge in [-0.25, -0.2) is 0 Å². The number of hydrogen-bond donors (Lipinski definition) is 1. The van der Waals surface area contributed by atoms with Crippen LogP contribution >= 0.6 is 0 Å². The molecule has 0 amide bonds. The summed E-state index contributed by atoms with van der Waals surface area (Å²) >= 11 is 0. The molecular formula is C13H15N3O. The van der Waals surface area contributed by atoms with Crippen molar-refractivity contribution >= 4 is 5.69 Å². The largest absolute Gasteiger partial charge is 0.398 e. The fraction of sp³-hybridized carbons (Fsp3) is 0.308. The molecule has 88 valence electrons. The lowest BCUT2D eigenvalue weighted by Gasteiger charge is -2.11. The second-order valence-electron chi connectivity index (χ2n) is 4.56. The molecule has 0 aliphatic carbocycles. The molecule has 0 atom stereocenters. The predicted octanol–water partition coefficient (Wildman–Crippen LogP) is 2.08. The lowest BCUT2D eigenvalue weighted by atomic mass is 10.1. The van der Waals surface area contributed by atoms with Gasteiger partial charge in [0.25, 0.3) is 0 Å². The van der Waals surface area contributed by atoms with Gasteiger partial charge in [0, 0.05) is 24.8 Å². The number of fused-ring (bicyclic) bond motifs is 1. The van der Waals surface area contributed by atoms with E-state index in [0.29, 0.717) is 0 Å². The van der Waals surface area contributed by atoms with Crippen LogP contribution in [0.3, 0.4) is 0 Å². The van der Waals surface area contributed by atoms with Gasteiger partial charge in [-0.05, 0) is 24.1 Å². The Balaban J connectivity index is 1.76. The molecule has 17 heavy (non-hydrogen) atoms. The number of benzene rings is 1. The summed E-state index contributed by atoms with van der Waals surface area (Å²) in [4.78, 5) is 2.31. The maximum Gasteiger partial charge on any atom is 0.150 e. The summed E-state index contributed by atoms with van der Waals surface area (Å²) in [6.45, 7) is 4.54. The highest BCUT2D eigenvalue weighted by Crippen LogP contribution is 2.28. The topological polar surface area (TPSA) is 55.3 Å². The molecular weight excluding hydrogens is 214 g/mol. The van der Waals surface area contributed by atoms with Crippen molar-refractivity contribution in [3.63, 3.8) is 0 Å². The van der Waals surface area contributed by atoms with E-state index in [1.807, 2.05) is 25.1 Å². The predicted molar refractivity (Wildman–Crippen MR) is 65.0 cm³/mol. The maximum absolute atomic E-state index is 5.97. The van der Waals surface area contributed by atoms with Crippen molar-refractivity contribution in [1.29, 1.82) is 0 Å². The maximum atomic E-state index is 5.97. The van der Waals surface area contributed by atoms with Crippen molar-refractivity contribution in [3.8, 4) is 0 Å². The van der Waals surface area contributed by atoms with Crippen molar-refractivity contribution in [3.05, 3.63) is 46.8 Å². The molecule has 1 aromatic carbocycles. The average Bonchev–Trinajstić information content (AvgIpc) is 2.86. The smallest absolute Gasteiger partial charge is 0.150 e. The average molecular weight is 229 g/mol. The first-order valence-electron chi connectivity index (χ1n) is 5.73. The minimum Gasteiger partial charge on any atom is -0.398 e. The molecule has 3 rings (SSSR count). The molecule has 0 fully saturated rings. The highest BCUT2D eigenvalue weighted by molar-refractivity contribution is 5.52. The standard InChI is InChI=1S/C13H15N3O/c1-9-5-11(17-15-9)7-16-6-10-3-2-4-13(14)12(10)8-16/h2-5H,6-8,14H2,1H3. The quantitative estimate of drug-likeness (QED) is 0.801. The van der Waals surface area contributed by atoms with Gasteiger partial charge >= 0.3 is 0 Å². The highest BCUT2D eigenvalue weighted by atomic mass is 16.5. The third-order valence-electron chi connectivity index (χ3n) is 3.14. The Morgan fingerprint density at radius 1 is 1.41 bits per heavy atom. The Hall–Kier alpha value is -1.81. The zero-order valence-corrected chi connectivity index (χ0v) is 9.81. The third kappa shape index (κ3) is 1.91. The normalized spacial score (nSPS) is 15.1. The lowest BCUT2D eigenvalue weighted by Crippen LogP contribution is -2.15. The minimum atomic E-state index is 0.787. The van der Waals surface area contributed by atoms with Crippen LogP contribution in [-0.2, 0) is 19.6 Å². The molecule has 1 aliphatic heterocycles. The second kappa shape index (κ2) is 3.89. The van der Waals surface area contributed by atoms with Crippen molar-refractivity contribution in [1.82, 2.24) is 10.1 Å². The minimum absolute atomic E-state index is 0.787. The van der Waals surface area contributed by atoms with Gasteiger partial charge in [-0.3, -0.25) is 4.90 Å². The van der Waals surface area contributed by atoms with E-state index >= 15 is 0 Å². The van der Waals surface area contributed by atoms with Crippen LogP contribution in [0, 0.1) is 6.92 Å². The van der Waals surface area contributed by atoms with Crippen LogP contribution < -0.4 is 5.73 Å². The number of rotatable bonds is 2. The molecule has 0 bridgehead atoms. The summed E-state index contributed by atoms with van der Waals surface area (Å²) < 4.78 is 5.23. The zero-order valence-electron chi connectivity index (χ0n) is 9.81. The molecule has 2 heterocycles. The van der Waals surface area contributed by atoms with Crippen LogP contribution in [0.15, 0.2) is 28.8 Å². The van der Waals surface area contributed by atoms with Crippen molar-refractivity contribution in [2.24, 2.45) is 0 Å². The number of aryl methyl sites for hydroxylation is 1. The van der Waals surface area contributed by atoms with Crippen LogP contribution in [-0.4, -0.2) is 10.1 Å². The van der Waals surface area contributed by atoms with Crippen LogP contribution in [0.25, 0.3) is 0 Å². The summed E-state index contributed by atoms with van der Waals surface area (Å²) in [5.41, 5.74) is 10.4. The Labute approximate surface area is 100 Å². The monoisotopic (exact) mass is 229 g/mol. The number of nitrogens with two attached hydrogens (primary N) is 1. The Morgan fingerprint density at radius 3 is 3.00 bits per heavy atom. The fourth-order valence-corrected chi connectivity index (χ4v) is 2.34. The summed E-state index contributed by atoms with van der Waals surface area (Å²) in [6, 6.07) is 8.08. The Bertz CT molecular complexity index is 547. The van der Waals surface area contributed by atoms with Gasteiger partial charge in [0.05, 0.1) is 12.2 Å². The van der Waals surface area contributed by atoms with Gasteiger partial charge in [-0.2, -0.15) is 0 Å². The van der Waals surface area contributed by atoms with Gasteiger partial charge in [0.15, 0.2) is 5.76 Å². The van der Waals surface area contributed by atoms with Crippen molar-refractivity contribution < 1.29 is 4.52 Å². The molecule has 4 nitrogen and oxygen atoms in total. The van der Waals surface area contributed by atoms with E-state index in [1.54, 1.807) is 0 Å². The van der Waals surface area contributed by atoms with E-state index < -0.39 is 0 Å². The number of hydrogen-bond acceptors (Lipinski definition) is 4. The first-order chi connectivity index (χ1) is 8.22. The van der Waals surface area contributed by atoms with Gasteiger partial charge in [0.1, 0.15) is 0 Å². The first-order valence-corrected chi connectivity index (χ1v) is 5.73. The van der Waals surface area contributed by atoms with Gasteiger partial charge in [-0.15, -0.1) is 0 Å². The molecule has 0 saturated heterocycles. The number of nitrogen functional groups attached to an aromatic ring is 1. The number of nitrogens with zero attached hydrogens (tertiary/aromatic N) is 2. The van der Waals surface area contributed by atoms with Crippen molar-refractivity contribution in [2.45, 2.75) is 26.6 Å².